The highest BCUT2D eigenvalue weighted by Crippen LogP contribution is 2.33. The third-order valence-electron chi connectivity index (χ3n) is 8.62. The van der Waals surface area contributed by atoms with E-state index in [1.165, 1.54) is 0 Å². The third kappa shape index (κ3) is 10.2. The van der Waals surface area contributed by atoms with Crippen LogP contribution < -0.4 is 20.1 Å². The lowest BCUT2D eigenvalue weighted by atomic mass is 9.91. The number of hydrogen-bond acceptors (Lipinski definition) is 9. The van der Waals surface area contributed by atoms with Gasteiger partial charge >= 0.3 is 0 Å². The monoisotopic (exact) mass is 682 g/mol. The van der Waals surface area contributed by atoms with E-state index in [0.717, 1.165) is 45.4 Å². The van der Waals surface area contributed by atoms with E-state index in [0.29, 0.717) is 48.8 Å². The molecule has 50 heavy (non-hydrogen) atoms. The standard InChI is InChI=1S/C40H50N4O6/c1-25-27(18-35(45)33-19-37(50-8)29(23-42-33)21-41-24-40(5,6)48)12-9-14-30(25)31-15-10-16-32(26(31)2)44-38(46)34-20-36(49-7)28(22-43-34)13-11-17-39(3,4)47/h9-10,12,14-16,19-20,22-23,41,47-48H,11,13,17-18,21,24H2,1-8H3,(H,44,46). The van der Waals surface area contributed by atoms with Gasteiger partial charge in [0.1, 0.15) is 22.9 Å². The summed E-state index contributed by atoms with van der Waals surface area (Å²) in [5.41, 5.74) is 5.86. The number of benzene rings is 2. The van der Waals surface area contributed by atoms with Crippen molar-refractivity contribution < 1.29 is 29.3 Å². The van der Waals surface area contributed by atoms with Crippen LogP contribution in [0.4, 0.5) is 5.69 Å². The fraction of sp³-hybridized carbons (Fsp3) is 0.400. The average Bonchev–Trinajstić information content (AvgIpc) is 3.05. The highest BCUT2D eigenvalue weighted by atomic mass is 16.5. The normalized spacial score (nSPS) is 11.7. The highest BCUT2D eigenvalue weighted by molar-refractivity contribution is 6.04. The van der Waals surface area contributed by atoms with Crippen LogP contribution in [0.3, 0.4) is 0 Å². The Hall–Kier alpha value is -4.64. The number of hydrogen-bond donors (Lipinski definition) is 4. The van der Waals surface area contributed by atoms with Crippen molar-refractivity contribution in [1.82, 2.24) is 15.3 Å². The first-order valence-corrected chi connectivity index (χ1v) is 16.8. The van der Waals surface area contributed by atoms with Crippen molar-refractivity contribution in [3.8, 4) is 22.6 Å². The molecule has 0 radical (unpaired) electrons. The number of ketones is 1. The van der Waals surface area contributed by atoms with E-state index in [2.05, 4.69) is 20.6 Å². The number of aliphatic hydroxyl groups is 2. The first-order chi connectivity index (χ1) is 23.6. The van der Waals surface area contributed by atoms with Crippen LogP contribution in [0.25, 0.3) is 11.1 Å². The number of anilines is 1. The molecular weight excluding hydrogens is 632 g/mol. The number of nitrogens with one attached hydrogen (secondary N) is 2. The fourth-order valence-electron chi connectivity index (χ4n) is 5.80. The van der Waals surface area contributed by atoms with Gasteiger partial charge in [0.05, 0.1) is 25.4 Å². The predicted molar refractivity (Wildman–Crippen MR) is 196 cm³/mol. The van der Waals surface area contributed by atoms with Gasteiger partial charge in [-0.2, -0.15) is 0 Å². The number of Topliss-reactive ketones (excluding diaryl/α,β-unsaturated/α-hetero) is 1. The number of pyridine rings is 2. The van der Waals surface area contributed by atoms with Crippen molar-refractivity contribution in [3.05, 3.63) is 100 Å². The first kappa shape index (κ1) is 38.2. The molecule has 0 spiro atoms. The lowest BCUT2D eigenvalue weighted by Gasteiger charge is -2.18. The summed E-state index contributed by atoms with van der Waals surface area (Å²) in [6.07, 6.45) is 5.52. The minimum absolute atomic E-state index is 0.136. The summed E-state index contributed by atoms with van der Waals surface area (Å²) in [5.74, 6) is 0.642. The Morgan fingerprint density at radius 2 is 1.38 bits per heavy atom. The number of rotatable bonds is 16. The Kier molecular flexibility index (Phi) is 12.5. The van der Waals surface area contributed by atoms with Crippen molar-refractivity contribution >= 4 is 17.4 Å². The summed E-state index contributed by atoms with van der Waals surface area (Å²) in [6, 6.07) is 14.9. The maximum Gasteiger partial charge on any atom is 0.274 e. The topological polar surface area (TPSA) is 143 Å². The molecule has 2 aromatic carbocycles. The number of ether oxygens (including phenoxy) is 2. The van der Waals surface area contributed by atoms with Crippen molar-refractivity contribution in [2.24, 2.45) is 0 Å². The Morgan fingerprint density at radius 3 is 2.04 bits per heavy atom. The van der Waals surface area contributed by atoms with Gasteiger partial charge in [-0.15, -0.1) is 0 Å². The number of carbonyl (C=O) groups excluding carboxylic acids is 2. The molecule has 4 rings (SSSR count). The molecule has 0 saturated carbocycles. The minimum atomic E-state index is -0.851. The molecule has 0 bridgehead atoms. The van der Waals surface area contributed by atoms with Gasteiger partial charge in [-0.25, -0.2) is 0 Å². The minimum Gasteiger partial charge on any atom is -0.496 e. The second-order valence-electron chi connectivity index (χ2n) is 14.0. The average molecular weight is 683 g/mol. The summed E-state index contributed by atoms with van der Waals surface area (Å²) in [6.45, 7) is 11.8. The second-order valence-corrected chi connectivity index (χ2v) is 14.0. The second kappa shape index (κ2) is 16.4. The quantitative estimate of drug-likeness (QED) is 0.0987. The van der Waals surface area contributed by atoms with Gasteiger partial charge in [-0.1, -0.05) is 30.3 Å². The Balaban J connectivity index is 1.50. The molecule has 266 valence electrons. The molecule has 4 aromatic rings. The van der Waals surface area contributed by atoms with Crippen LogP contribution in [0, 0.1) is 13.8 Å². The Morgan fingerprint density at radius 1 is 0.780 bits per heavy atom. The largest absolute Gasteiger partial charge is 0.496 e. The van der Waals surface area contributed by atoms with Crippen LogP contribution >= 0.6 is 0 Å². The summed E-state index contributed by atoms with van der Waals surface area (Å²) in [5, 5.41) is 26.2. The fourth-order valence-corrected chi connectivity index (χ4v) is 5.80. The lowest BCUT2D eigenvalue weighted by Crippen LogP contribution is -2.34. The molecule has 10 nitrogen and oxygen atoms in total. The van der Waals surface area contributed by atoms with Crippen molar-refractivity contribution in [2.75, 3.05) is 26.1 Å². The van der Waals surface area contributed by atoms with Crippen molar-refractivity contribution in [2.45, 2.75) is 85.0 Å². The molecule has 0 aliphatic rings. The number of methoxy groups -OCH3 is 2. The van der Waals surface area contributed by atoms with Crippen LogP contribution in [0.2, 0.25) is 0 Å². The molecule has 1 amide bonds. The number of amides is 1. The number of aromatic nitrogens is 2. The molecule has 2 heterocycles. The van der Waals surface area contributed by atoms with Gasteiger partial charge in [0, 0.05) is 60.9 Å². The zero-order chi connectivity index (χ0) is 36.6. The number of aryl methyl sites for hydroxylation is 1. The summed E-state index contributed by atoms with van der Waals surface area (Å²) in [4.78, 5) is 35.6. The van der Waals surface area contributed by atoms with Crippen LogP contribution in [0.5, 0.6) is 11.5 Å². The van der Waals surface area contributed by atoms with Crippen molar-refractivity contribution in [1.29, 1.82) is 0 Å². The molecule has 4 N–H and O–H groups in total. The molecule has 2 aromatic heterocycles. The van der Waals surface area contributed by atoms with Crippen LogP contribution in [-0.2, 0) is 19.4 Å². The molecule has 0 atom stereocenters. The maximum atomic E-state index is 13.4. The van der Waals surface area contributed by atoms with E-state index in [-0.39, 0.29) is 23.8 Å². The van der Waals surface area contributed by atoms with Gasteiger partial charge in [0.15, 0.2) is 5.78 Å². The predicted octanol–water partition coefficient (Wildman–Crippen LogP) is 6.41. The zero-order valence-electron chi connectivity index (χ0n) is 30.4. The summed E-state index contributed by atoms with van der Waals surface area (Å²) in [7, 11) is 3.12. The highest BCUT2D eigenvalue weighted by Gasteiger charge is 2.19. The van der Waals surface area contributed by atoms with E-state index >= 15 is 0 Å². The smallest absolute Gasteiger partial charge is 0.274 e. The molecule has 10 heteroatoms. The third-order valence-corrected chi connectivity index (χ3v) is 8.62. The Labute approximate surface area is 295 Å². The lowest BCUT2D eigenvalue weighted by molar-refractivity contribution is 0.0688. The molecule has 0 aliphatic carbocycles. The summed E-state index contributed by atoms with van der Waals surface area (Å²) >= 11 is 0. The van der Waals surface area contributed by atoms with Gasteiger partial charge in [-0.05, 0) is 94.7 Å². The Bertz CT molecular complexity index is 1690. The number of nitrogens with zero attached hydrogens (tertiary/aromatic N) is 2. The van der Waals surface area contributed by atoms with Crippen molar-refractivity contribution in [3.63, 3.8) is 0 Å². The van der Waals surface area contributed by atoms with Crippen LogP contribution in [0.1, 0.15) is 89.3 Å². The van der Waals surface area contributed by atoms with Gasteiger partial charge in [-0.3, -0.25) is 19.6 Å². The van der Waals surface area contributed by atoms with Gasteiger partial charge < -0.3 is 30.3 Å². The van der Waals surface area contributed by atoms with E-state index in [1.54, 1.807) is 66.4 Å². The molecule has 0 fully saturated rings. The molecular formula is C40H50N4O6. The molecule has 0 saturated heterocycles. The van der Waals surface area contributed by atoms with Crippen LogP contribution in [0.15, 0.2) is 60.9 Å². The molecule has 0 aliphatic heterocycles. The SMILES string of the molecule is COc1cc(C(=O)Nc2cccc(-c3cccc(CC(=O)c4cc(OC)c(CNCC(C)(C)O)cn4)c3C)c2C)ncc1CCCC(C)(C)O. The van der Waals surface area contributed by atoms with E-state index < -0.39 is 11.2 Å². The van der Waals surface area contributed by atoms with E-state index in [4.69, 9.17) is 9.47 Å². The zero-order valence-corrected chi connectivity index (χ0v) is 30.4. The van der Waals surface area contributed by atoms with Gasteiger partial charge in [0.2, 0.25) is 0 Å². The summed E-state index contributed by atoms with van der Waals surface area (Å²) < 4.78 is 11.1. The molecule has 0 unspecified atom stereocenters. The van der Waals surface area contributed by atoms with Gasteiger partial charge in [0.25, 0.3) is 5.91 Å². The van der Waals surface area contributed by atoms with E-state index in [1.807, 2.05) is 50.2 Å². The number of carbonyl (C=O) groups is 2. The maximum absolute atomic E-state index is 13.4. The van der Waals surface area contributed by atoms with E-state index in [9.17, 15) is 19.8 Å². The first-order valence-electron chi connectivity index (χ1n) is 16.8. The van der Waals surface area contributed by atoms with Crippen LogP contribution in [-0.4, -0.2) is 63.8 Å².